The zero-order chi connectivity index (χ0) is 10.5. The number of aryl methyl sites for hydroxylation is 2. The Kier molecular flexibility index (Phi) is 1.73. The lowest BCUT2D eigenvalue weighted by molar-refractivity contribution is 0.413. The van der Waals surface area contributed by atoms with Gasteiger partial charge in [-0.1, -0.05) is 18.2 Å². The quantitative estimate of drug-likeness (QED) is 0.623. The molecule has 1 atom stereocenters. The maximum atomic E-state index is 2.61. The van der Waals surface area contributed by atoms with Gasteiger partial charge in [-0.2, -0.15) is 0 Å². The number of fused-ring (bicyclic) bond motifs is 3. The monoisotopic (exact) mass is 211 g/mol. The van der Waals surface area contributed by atoms with Crippen molar-refractivity contribution in [3.8, 4) is 0 Å². The first-order valence-corrected chi connectivity index (χ1v) is 6.55. The number of rotatable bonds is 0. The molecule has 1 aliphatic carbocycles. The highest BCUT2D eigenvalue weighted by Gasteiger charge is 2.29. The summed E-state index contributed by atoms with van der Waals surface area (Å²) in [5, 5.41) is 1.53. The van der Waals surface area contributed by atoms with Gasteiger partial charge < -0.3 is 4.57 Å². The summed E-state index contributed by atoms with van der Waals surface area (Å²) in [4.78, 5) is 0. The molecule has 4 rings (SSSR count). The molecule has 0 bridgehead atoms. The van der Waals surface area contributed by atoms with Crippen molar-refractivity contribution in [1.29, 1.82) is 0 Å². The second-order valence-electron chi connectivity index (χ2n) is 5.26. The summed E-state index contributed by atoms with van der Waals surface area (Å²) in [5.41, 5.74) is 4.85. The van der Waals surface area contributed by atoms with Gasteiger partial charge >= 0.3 is 0 Å². The van der Waals surface area contributed by atoms with Crippen LogP contribution < -0.4 is 0 Å². The highest BCUT2D eigenvalue weighted by Crippen LogP contribution is 2.43. The van der Waals surface area contributed by atoms with E-state index in [1.807, 2.05) is 0 Å². The van der Waals surface area contributed by atoms with Crippen LogP contribution >= 0.6 is 0 Å². The van der Waals surface area contributed by atoms with Crippen LogP contribution in [0.5, 0.6) is 0 Å². The van der Waals surface area contributed by atoms with Crippen LogP contribution in [0, 0.1) is 0 Å². The molecule has 0 radical (unpaired) electrons. The molecule has 0 saturated carbocycles. The molecular formula is C15H17N. The molecular weight excluding hydrogens is 194 g/mol. The second kappa shape index (κ2) is 3.13. The maximum absolute atomic E-state index is 2.61. The normalized spacial score (nSPS) is 23.4. The summed E-state index contributed by atoms with van der Waals surface area (Å²) >= 11 is 0. The number of hydrogen-bond acceptors (Lipinski definition) is 0. The van der Waals surface area contributed by atoms with Gasteiger partial charge in [0.15, 0.2) is 0 Å². The van der Waals surface area contributed by atoms with Gasteiger partial charge in [0.1, 0.15) is 0 Å². The van der Waals surface area contributed by atoms with Crippen molar-refractivity contribution >= 4 is 10.9 Å². The van der Waals surface area contributed by atoms with E-state index in [-0.39, 0.29) is 0 Å². The van der Waals surface area contributed by atoms with Crippen LogP contribution in [0.25, 0.3) is 10.9 Å². The first-order valence-electron chi connectivity index (χ1n) is 6.55. The zero-order valence-corrected chi connectivity index (χ0v) is 9.58. The van der Waals surface area contributed by atoms with E-state index in [1.54, 1.807) is 11.3 Å². The van der Waals surface area contributed by atoms with Crippen LogP contribution in [-0.4, -0.2) is 4.57 Å². The third-order valence-electron chi connectivity index (χ3n) is 4.42. The molecule has 1 nitrogen and oxygen atoms in total. The van der Waals surface area contributed by atoms with Crippen LogP contribution in [0.15, 0.2) is 24.3 Å². The zero-order valence-electron chi connectivity index (χ0n) is 9.58. The summed E-state index contributed by atoms with van der Waals surface area (Å²) in [6, 6.07) is 8.99. The van der Waals surface area contributed by atoms with Crippen molar-refractivity contribution in [1.82, 2.24) is 4.57 Å². The van der Waals surface area contributed by atoms with E-state index in [2.05, 4.69) is 28.8 Å². The van der Waals surface area contributed by atoms with Gasteiger partial charge in [0, 0.05) is 23.1 Å². The van der Waals surface area contributed by atoms with Gasteiger partial charge in [0.2, 0.25) is 0 Å². The van der Waals surface area contributed by atoms with E-state index in [9.17, 15) is 0 Å². The van der Waals surface area contributed by atoms with Gasteiger partial charge in [-0.15, -0.1) is 0 Å². The van der Waals surface area contributed by atoms with Crippen LogP contribution in [0.4, 0.5) is 0 Å². The first-order chi connectivity index (χ1) is 7.95. The molecule has 1 aromatic heterocycles. The molecule has 1 aromatic carbocycles. The Hall–Kier alpha value is -1.24. The van der Waals surface area contributed by atoms with E-state index < -0.39 is 0 Å². The highest BCUT2D eigenvalue weighted by molar-refractivity contribution is 5.86. The Morgan fingerprint density at radius 3 is 2.94 bits per heavy atom. The Bertz CT molecular complexity index is 503. The van der Waals surface area contributed by atoms with E-state index >= 15 is 0 Å². The van der Waals surface area contributed by atoms with Gasteiger partial charge in [-0.25, -0.2) is 0 Å². The smallest absolute Gasteiger partial charge is 0.0485 e. The molecule has 1 unspecified atom stereocenters. The fourth-order valence-corrected chi connectivity index (χ4v) is 3.80. The fourth-order valence-electron chi connectivity index (χ4n) is 3.80. The minimum atomic E-state index is 0.866. The topological polar surface area (TPSA) is 4.93 Å². The van der Waals surface area contributed by atoms with Crippen LogP contribution in [0.1, 0.15) is 42.9 Å². The van der Waals surface area contributed by atoms with Crippen molar-refractivity contribution < 1.29 is 0 Å². The summed E-state index contributed by atoms with van der Waals surface area (Å²) in [5.74, 6) is 0.866. The SMILES string of the molecule is c1ccc2c(c1)c1c3n2CCCC3CCC1. The van der Waals surface area contributed by atoms with Gasteiger partial charge in [-0.3, -0.25) is 0 Å². The molecule has 0 saturated heterocycles. The molecule has 0 spiro atoms. The lowest BCUT2D eigenvalue weighted by Gasteiger charge is -2.29. The van der Waals surface area contributed by atoms with Gasteiger partial charge in [0.25, 0.3) is 0 Å². The number of hydrogen-bond donors (Lipinski definition) is 0. The van der Waals surface area contributed by atoms with Gasteiger partial charge in [0.05, 0.1) is 0 Å². The lowest BCUT2D eigenvalue weighted by Crippen LogP contribution is -2.19. The molecule has 1 heteroatoms. The molecule has 0 amide bonds. The molecule has 2 heterocycles. The van der Waals surface area contributed by atoms with Crippen LogP contribution in [0.3, 0.4) is 0 Å². The fraction of sp³-hybridized carbons (Fsp3) is 0.467. The molecule has 2 aliphatic rings. The van der Waals surface area contributed by atoms with Crippen molar-refractivity contribution in [3.05, 3.63) is 35.5 Å². The van der Waals surface area contributed by atoms with E-state index in [1.165, 1.54) is 49.6 Å². The third kappa shape index (κ3) is 1.01. The highest BCUT2D eigenvalue weighted by atomic mass is 15.0. The first kappa shape index (κ1) is 8.86. The Morgan fingerprint density at radius 2 is 1.94 bits per heavy atom. The van der Waals surface area contributed by atoms with Crippen molar-refractivity contribution in [3.63, 3.8) is 0 Å². The Balaban J connectivity index is 2.13. The van der Waals surface area contributed by atoms with Crippen molar-refractivity contribution in [2.75, 3.05) is 0 Å². The number of nitrogens with zero attached hydrogens (tertiary/aromatic N) is 1. The molecule has 1 aliphatic heterocycles. The summed E-state index contributed by atoms with van der Waals surface area (Å²) < 4.78 is 2.61. The predicted octanol–water partition coefficient (Wildman–Crippen LogP) is 3.86. The summed E-state index contributed by atoms with van der Waals surface area (Å²) in [6.45, 7) is 1.24. The number of aromatic nitrogens is 1. The van der Waals surface area contributed by atoms with E-state index in [4.69, 9.17) is 0 Å². The van der Waals surface area contributed by atoms with Crippen LogP contribution in [0.2, 0.25) is 0 Å². The average Bonchev–Trinajstić information content (AvgIpc) is 2.68. The summed E-state index contributed by atoms with van der Waals surface area (Å²) in [7, 11) is 0. The molecule has 2 aromatic rings. The maximum Gasteiger partial charge on any atom is 0.0485 e. The minimum absolute atomic E-state index is 0.866. The average molecular weight is 211 g/mol. The standard InChI is InChI=1S/C15H17N/c1-2-9-14-12(7-1)13-8-3-5-11-6-4-10-16(14)15(11)13/h1-2,7,9,11H,3-6,8,10H2. The predicted molar refractivity (Wildman–Crippen MR) is 66.9 cm³/mol. The second-order valence-corrected chi connectivity index (χ2v) is 5.26. The van der Waals surface area contributed by atoms with E-state index in [0.29, 0.717) is 0 Å². The Morgan fingerprint density at radius 1 is 1.06 bits per heavy atom. The van der Waals surface area contributed by atoms with Gasteiger partial charge in [-0.05, 0) is 49.7 Å². The summed E-state index contributed by atoms with van der Waals surface area (Å²) in [6.07, 6.45) is 6.91. The lowest BCUT2D eigenvalue weighted by atomic mass is 9.82. The van der Waals surface area contributed by atoms with Crippen LogP contribution in [-0.2, 0) is 13.0 Å². The number of benzene rings is 1. The van der Waals surface area contributed by atoms with Crippen molar-refractivity contribution in [2.45, 2.75) is 44.6 Å². The number of para-hydroxylation sites is 1. The minimum Gasteiger partial charge on any atom is -0.344 e. The third-order valence-corrected chi connectivity index (χ3v) is 4.42. The largest absolute Gasteiger partial charge is 0.344 e. The molecule has 0 N–H and O–H groups in total. The molecule has 0 fully saturated rings. The van der Waals surface area contributed by atoms with E-state index in [0.717, 1.165) is 5.92 Å². The Labute approximate surface area is 96.1 Å². The molecule has 82 valence electrons. The van der Waals surface area contributed by atoms with Crippen molar-refractivity contribution in [2.24, 2.45) is 0 Å². The molecule has 16 heavy (non-hydrogen) atoms.